The first-order valence-electron chi connectivity index (χ1n) is 7.23. The van der Waals surface area contributed by atoms with Gasteiger partial charge in [-0.15, -0.1) is 12.4 Å². The minimum Gasteiger partial charge on any atom is -0.355 e. The van der Waals surface area contributed by atoms with Crippen LogP contribution in [-0.2, 0) is 10.2 Å². The Bertz CT molecular complexity index is 471. The van der Waals surface area contributed by atoms with Crippen molar-refractivity contribution in [2.24, 2.45) is 0 Å². The van der Waals surface area contributed by atoms with Crippen molar-refractivity contribution in [1.29, 1.82) is 0 Å². The number of carbonyl (C=O) groups is 1. The molecule has 0 radical (unpaired) electrons. The molecular formula is C16H24Cl2N2O. The van der Waals surface area contributed by atoms with Gasteiger partial charge in [0.1, 0.15) is 0 Å². The summed E-state index contributed by atoms with van der Waals surface area (Å²) in [5, 5.41) is 7.12. The first kappa shape index (κ1) is 18.3. The van der Waals surface area contributed by atoms with Crippen LogP contribution in [0.5, 0.6) is 0 Å². The van der Waals surface area contributed by atoms with E-state index < -0.39 is 0 Å². The first-order chi connectivity index (χ1) is 9.47. The van der Waals surface area contributed by atoms with Crippen LogP contribution in [-0.4, -0.2) is 25.0 Å². The van der Waals surface area contributed by atoms with Crippen molar-refractivity contribution in [3.8, 4) is 0 Å². The van der Waals surface area contributed by atoms with Gasteiger partial charge in [-0.2, -0.15) is 0 Å². The van der Waals surface area contributed by atoms with E-state index in [9.17, 15) is 4.79 Å². The van der Waals surface area contributed by atoms with Crippen molar-refractivity contribution in [2.75, 3.05) is 13.1 Å². The van der Waals surface area contributed by atoms with Crippen LogP contribution in [0.2, 0.25) is 5.02 Å². The Balaban J connectivity index is 0.00000220. The second-order valence-electron chi connectivity index (χ2n) is 6.17. The Morgan fingerprint density at radius 2 is 2.24 bits per heavy atom. The molecule has 5 heteroatoms. The molecule has 2 N–H and O–H groups in total. The fourth-order valence-corrected chi connectivity index (χ4v) is 2.75. The summed E-state index contributed by atoms with van der Waals surface area (Å²) in [4.78, 5) is 12.0. The highest BCUT2D eigenvalue weighted by Crippen LogP contribution is 2.24. The Hall–Kier alpha value is -0.770. The Morgan fingerprint density at radius 3 is 2.86 bits per heavy atom. The van der Waals surface area contributed by atoms with Crippen molar-refractivity contribution >= 4 is 29.9 Å². The number of amides is 1. The van der Waals surface area contributed by atoms with Crippen molar-refractivity contribution in [2.45, 2.75) is 44.6 Å². The standard InChI is InChI=1S/C16H23ClN2O.ClH/c1-16(2,12-5-3-6-13(17)9-12)11-19-15(20)10-14-7-4-8-18-14;/h3,5-6,9,14,18H,4,7-8,10-11H2,1-2H3,(H,19,20);1H. The zero-order valence-corrected chi connectivity index (χ0v) is 14.2. The summed E-state index contributed by atoms with van der Waals surface area (Å²) < 4.78 is 0. The van der Waals surface area contributed by atoms with Crippen LogP contribution < -0.4 is 10.6 Å². The minimum absolute atomic E-state index is 0. The van der Waals surface area contributed by atoms with Crippen LogP contribution in [0.1, 0.15) is 38.7 Å². The van der Waals surface area contributed by atoms with E-state index in [1.165, 1.54) is 6.42 Å². The van der Waals surface area contributed by atoms with E-state index in [2.05, 4.69) is 30.5 Å². The molecule has 1 aromatic carbocycles. The van der Waals surface area contributed by atoms with E-state index in [1.807, 2.05) is 18.2 Å². The highest BCUT2D eigenvalue weighted by molar-refractivity contribution is 6.30. The van der Waals surface area contributed by atoms with Crippen LogP contribution in [0.3, 0.4) is 0 Å². The van der Waals surface area contributed by atoms with Crippen molar-refractivity contribution in [3.05, 3.63) is 34.9 Å². The Kier molecular flexibility index (Phi) is 6.98. The third-order valence-corrected chi connectivity index (χ3v) is 4.16. The highest BCUT2D eigenvalue weighted by atomic mass is 35.5. The number of rotatable bonds is 5. The van der Waals surface area contributed by atoms with Gasteiger partial charge in [-0.05, 0) is 37.1 Å². The minimum atomic E-state index is -0.121. The largest absolute Gasteiger partial charge is 0.355 e. The lowest BCUT2D eigenvalue weighted by Crippen LogP contribution is -2.39. The van der Waals surface area contributed by atoms with E-state index in [0.29, 0.717) is 19.0 Å². The average Bonchev–Trinajstić information content (AvgIpc) is 2.89. The number of hydrogen-bond acceptors (Lipinski definition) is 2. The molecule has 1 aliphatic heterocycles. The van der Waals surface area contributed by atoms with Gasteiger partial charge in [-0.25, -0.2) is 0 Å². The van der Waals surface area contributed by atoms with Gasteiger partial charge in [0.15, 0.2) is 0 Å². The lowest BCUT2D eigenvalue weighted by atomic mass is 9.84. The molecule has 1 saturated heterocycles. The second kappa shape index (κ2) is 8.02. The Morgan fingerprint density at radius 1 is 1.48 bits per heavy atom. The lowest BCUT2D eigenvalue weighted by Gasteiger charge is -2.26. The molecule has 1 heterocycles. The molecule has 0 spiro atoms. The zero-order valence-electron chi connectivity index (χ0n) is 12.6. The SMILES string of the molecule is CC(C)(CNC(=O)CC1CCCN1)c1cccc(Cl)c1.Cl. The number of halogens is 2. The normalized spacial score (nSPS) is 18.1. The molecule has 1 unspecified atom stereocenters. The zero-order chi connectivity index (χ0) is 14.6. The van der Waals surface area contributed by atoms with Crippen LogP contribution in [0, 0.1) is 0 Å². The van der Waals surface area contributed by atoms with Gasteiger partial charge in [0.2, 0.25) is 5.91 Å². The monoisotopic (exact) mass is 330 g/mol. The maximum absolute atomic E-state index is 12.0. The van der Waals surface area contributed by atoms with Crippen LogP contribution in [0.15, 0.2) is 24.3 Å². The quantitative estimate of drug-likeness (QED) is 0.869. The van der Waals surface area contributed by atoms with E-state index in [0.717, 1.165) is 23.6 Å². The summed E-state index contributed by atoms with van der Waals surface area (Å²) in [5.41, 5.74) is 1.02. The lowest BCUT2D eigenvalue weighted by molar-refractivity contribution is -0.121. The maximum atomic E-state index is 12.0. The van der Waals surface area contributed by atoms with Gasteiger partial charge in [-0.3, -0.25) is 4.79 Å². The number of benzene rings is 1. The predicted molar refractivity (Wildman–Crippen MR) is 90.4 cm³/mol. The number of carbonyl (C=O) groups excluding carboxylic acids is 1. The van der Waals surface area contributed by atoms with Gasteiger partial charge >= 0.3 is 0 Å². The second-order valence-corrected chi connectivity index (χ2v) is 6.60. The molecule has 0 aromatic heterocycles. The molecule has 1 atom stereocenters. The van der Waals surface area contributed by atoms with Crippen LogP contribution in [0.4, 0.5) is 0 Å². The fraction of sp³-hybridized carbons (Fsp3) is 0.562. The smallest absolute Gasteiger partial charge is 0.221 e. The third-order valence-electron chi connectivity index (χ3n) is 3.93. The number of hydrogen-bond donors (Lipinski definition) is 2. The van der Waals surface area contributed by atoms with E-state index in [-0.39, 0.29) is 23.7 Å². The van der Waals surface area contributed by atoms with Crippen molar-refractivity contribution < 1.29 is 4.79 Å². The van der Waals surface area contributed by atoms with E-state index >= 15 is 0 Å². The highest BCUT2D eigenvalue weighted by Gasteiger charge is 2.23. The molecule has 1 amide bonds. The molecular weight excluding hydrogens is 307 g/mol. The van der Waals surface area contributed by atoms with E-state index in [1.54, 1.807) is 0 Å². The van der Waals surface area contributed by atoms with Crippen LogP contribution in [0.25, 0.3) is 0 Å². The topological polar surface area (TPSA) is 41.1 Å². The third kappa shape index (κ3) is 5.50. The van der Waals surface area contributed by atoms with Crippen molar-refractivity contribution in [1.82, 2.24) is 10.6 Å². The molecule has 0 bridgehead atoms. The summed E-state index contributed by atoms with van der Waals surface area (Å²) in [6.45, 7) is 5.89. The number of nitrogens with one attached hydrogen (secondary N) is 2. The van der Waals surface area contributed by atoms with Gasteiger partial charge in [0.05, 0.1) is 0 Å². The summed E-state index contributed by atoms with van der Waals surface area (Å²) >= 11 is 6.03. The summed E-state index contributed by atoms with van der Waals surface area (Å²) in [6.07, 6.45) is 2.85. The molecule has 118 valence electrons. The van der Waals surface area contributed by atoms with Gasteiger partial charge in [0, 0.05) is 29.4 Å². The maximum Gasteiger partial charge on any atom is 0.221 e. The van der Waals surface area contributed by atoms with E-state index in [4.69, 9.17) is 11.6 Å². The summed E-state index contributed by atoms with van der Waals surface area (Å²) in [6, 6.07) is 8.18. The van der Waals surface area contributed by atoms with Gasteiger partial charge in [-0.1, -0.05) is 37.6 Å². The molecule has 1 fully saturated rings. The van der Waals surface area contributed by atoms with Crippen molar-refractivity contribution in [3.63, 3.8) is 0 Å². The first-order valence-corrected chi connectivity index (χ1v) is 7.61. The molecule has 0 aliphatic carbocycles. The summed E-state index contributed by atoms with van der Waals surface area (Å²) in [5.74, 6) is 0.125. The molecule has 2 rings (SSSR count). The molecule has 1 aromatic rings. The van der Waals surface area contributed by atoms with Crippen LogP contribution >= 0.6 is 24.0 Å². The summed E-state index contributed by atoms with van der Waals surface area (Å²) in [7, 11) is 0. The van der Waals surface area contributed by atoms with Gasteiger partial charge < -0.3 is 10.6 Å². The predicted octanol–water partition coefficient (Wildman–Crippen LogP) is 3.30. The molecule has 3 nitrogen and oxygen atoms in total. The average molecular weight is 331 g/mol. The molecule has 1 aliphatic rings. The molecule has 0 saturated carbocycles. The fourth-order valence-electron chi connectivity index (χ4n) is 2.56. The molecule has 21 heavy (non-hydrogen) atoms. The van der Waals surface area contributed by atoms with Gasteiger partial charge in [0.25, 0.3) is 0 Å². The Labute approximate surface area is 138 Å².